The van der Waals surface area contributed by atoms with Crippen molar-refractivity contribution in [2.45, 2.75) is 19.7 Å². The zero-order valence-corrected chi connectivity index (χ0v) is 13.1. The highest BCUT2D eigenvalue weighted by Gasteiger charge is 2.10. The van der Waals surface area contributed by atoms with Crippen LogP contribution in [0.25, 0.3) is 0 Å². The number of benzene rings is 1. The van der Waals surface area contributed by atoms with E-state index in [1.165, 1.54) is 3.57 Å². The van der Waals surface area contributed by atoms with E-state index < -0.39 is 0 Å². The first-order valence-electron chi connectivity index (χ1n) is 5.56. The molecule has 0 aliphatic carbocycles. The van der Waals surface area contributed by atoms with E-state index in [9.17, 15) is 0 Å². The van der Waals surface area contributed by atoms with Crippen molar-refractivity contribution in [3.8, 4) is 11.6 Å². The van der Waals surface area contributed by atoms with Crippen LogP contribution in [-0.4, -0.2) is 4.98 Å². The predicted molar refractivity (Wildman–Crippen MR) is 82.5 cm³/mol. The van der Waals surface area contributed by atoms with E-state index in [-0.39, 0.29) is 0 Å². The number of aryl methyl sites for hydroxylation is 2. The third kappa shape index (κ3) is 3.14. The molecule has 0 amide bonds. The lowest BCUT2D eigenvalue weighted by molar-refractivity contribution is 0.456. The fourth-order valence-electron chi connectivity index (χ4n) is 1.69. The van der Waals surface area contributed by atoms with Gasteiger partial charge in [0, 0.05) is 14.8 Å². The summed E-state index contributed by atoms with van der Waals surface area (Å²) in [6.45, 7) is 3.97. The minimum absolute atomic E-state index is 0.402. The van der Waals surface area contributed by atoms with Gasteiger partial charge in [-0.2, -0.15) is 0 Å². The molecular formula is C14H13ClINO. The van der Waals surface area contributed by atoms with Crippen molar-refractivity contribution in [1.82, 2.24) is 4.98 Å². The molecule has 2 nitrogen and oxygen atoms in total. The van der Waals surface area contributed by atoms with E-state index in [2.05, 4.69) is 27.6 Å². The van der Waals surface area contributed by atoms with Crippen LogP contribution >= 0.6 is 34.2 Å². The first kappa shape index (κ1) is 13.6. The minimum Gasteiger partial charge on any atom is -0.439 e. The molecule has 94 valence electrons. The zero-order valence-electron chi connectivity index (χ0n) is 10.2. The number of aromatic nitrogens is 1. The highest BCUT2D eigenvalue weighted by atomic mass is 127. The summed E-state index contributed by atoms with van der Waals surface area (Å²) < 4.78 is 6.99. The van der Waals surface area contributed by atoms with Crippen molar-refractivity contribution in [1.29, 1.82) is 0 Å². The monoisotopic (exact) mass is 373 g/mol. The van der Waals surface area contributed by atoms with Crippen LogP contribution in [0, 0.1) is 17.4 Å². The number of hydrogen-bond acceptors (Lipinski definition) is 2. The highest BCUT2D eigenvalue weighted by molar-refractivity contribution is 14.1. The Hall–Kier alpha value is -0.810. The number of hydrogen-bond donors (Lipinski definition) is 0. The molecule has 4 heteroatoms. The van der Waals surface area contributed by atoms with Crippen molar-refractivity contribution in [2.24, 2.45) is 0 Å². The summed E-state index contributed by atoms with van der Waals surface area (Å²) >= 11 is 8.22. The van der Waals surface area contributed by atoms with Crippen molar-refractivity contribution >= 4 is 34.2 Å². The lowest BCUT2D eigenvalue weighted by Gasteiger charge is -2.11. The maximum atomic E-state index is 5.96. The first-order valence-corrected chi connectivity index (χ1v) is 7.18. The number of pyridine rings is 1. The van der Waals surface area contributed by atoms with E-state index in [4.69, 9.17) is 16.3 Å². The normalized spacial score (nSPS) is 10.4. The summed E-state index contributed by atoms with van der Waals surface area (Å²) in [7, 11) is 0. The van der Waals surface area contributed by atoms with Gasteiger partial charge in [0.1, 0.15) is 5.75 Å². The van der Waals surface area contributed by atoms with Crippen LogP contribution in [0.2, 0.25) is 0 Å². The van der Waals surface area contributed by atoms with Gasteiger partial charge in [-0.05, 0) is 72.3 Å². The largest absolute Gasteiger partial charge is 0.439 e. The molecule has 2 rings (SSSR count). The molecule has 0 N–H and O–H groups in total. The summed E-state index contributed by atoms with van der Waals surface area (Å²) in [6.07, 6.45) is 0. The minimum atomic E-state index is 0.402. The van der Waals surface area contributed by atoms with Gasteiger partial charge >= 0.3 is 0 Å². The second-order valence-electron chi connectivity index (χ2n) is 4.05. The quantitative estimate of drug-likeness (QED) is 0.568. The third-order valence-corrected chi connectivity index (χ3v) is 3.59. The molecule has 1 aromatic carbocycles. The number of nitrogens with zero attached hydrogens (tertiary/aromatic N) is 1. The Kier molecular flexibility index (Phi) is 4.45. The molecule has 0 saturated carbocycles. The average Bonchev–Trinajstić information content (AvgIpc) is 2.32. The highest BCUT2D eigenvalue weighted by Crippen LogP contribution is 2.27. The van der Waals surface area contributed by atoms with Crippen LogP contribution in [0.1, 0.15) is 16.8 Å². The van der Waals surface area contributed by atoms with E-state index in [0.29, 0.717) is 11.8 Å². The SMILES string of the molecule is Cc1cc(C)c(CCl)c(Oc2ccc(I)cc2)n1. The lowest BCUT2D eigenvalue weighted by Crippen LogP contribution is -1.98. The summed E-state index contributed by atoms with van der Waals surface area (Å²) in [5.74, 6) is 1.78. The number of ether oxygens (including phenoxy) is 1. The van der Waals surface area contributed by atoms with Crippen LogP contribution in [0.4, 0.5) is 0 Å². The third-order valence-electron chi connectivity index (χ3n) is 2.60. The van der Waals surface area contributed by atoms with Crippen molar-refractivity contribution in [3.63, 3.8) is 0 Å². The van der Waals surface area contributed by atoms with Gasteiger partial charge in [-0.3, -0.25) is 0 Å². The summed E-state index contributed by atoms with van der Waals surface area (Å²) in [4.78, 5) is 4.41. The van der Waals surface area contributed by atoms with Crippen molar-refractivity contribution < 1.29 is 4.74 Å². The lowest BCUT2D eigenvalue weighted by atomic mass is 10.1. The summed E-state index contributed by atoms with van der Waals surface area (Å²) in [5, 5.41) is 0. The molecule has 0 radical (unpaired) electrons. The van der Waals surface area contributed by atoms with E-state index in [1.54, 1.807) is 0 Å². The first-order chi connectivity index (χ1) is 8.60. The molecule has 1 heterocycles. The number of rotatable bonds is 3. The van der Waals surface area contributed by atoms with Crippen molar-refractivity contribution in [2.75, 3.05) is 0 Å². The molecular weight excluding hydrogens is 361 g/mol. The molecule has 0 spiro atoms. The van der Waals surface area contributed by atoms with Gasteiger partial charge in [-0.25, -0.2) is 4.98 Å². The molecule has 0 unspecified atom stereocenters. The Balaban J connectivity index is 2.36. The second-order valence-corrected chi connectivity index (χ2v) is 5.57. The van der Waals surface area contributed by atoms with Crippen molar-refractivity contribution in [3.05, 3.63) is 50.7 Å². The van der Waals surface area contributed by atoms with Crippen LogP contribution in [-0.2, 0) is 5.88 Å². The molecule has 0 atom stereocenters. The van der Waals surface area contributed by atoms with Gasteiger partial charge in [0.25, 0.3) is 0 Å². The van der Waals surface area contributed by atoms with E-state index in [0.717, 1.165) is 22.6 Å². The van der Waals surface area contributed by atoms with E-state index >= 15 is 0 Å². The van der Waals surface area contributed by atoms with Crippen LogP contribution in [0.5, 0.6) is 11.6 Å². The molecule has 0 aliphatic heterocycles. The number of alkyl halides is 1. The maximum Gasteiger partial charge on any atom is 0.224 e. The standard InChI is InChI=1S/C14H13ClINO/c1-9-7-10(2)17-14(13(9)8-15)18-12-5-3-11(16)4-6-12/h3-7H,8H2,1-2H3. The molecule has 18 heavy (non-hydrogen) atoms. The molecule has 0 saturated heterocycles. The predicted octanol–water partition coefficient (Wildman–Crippen LogP) is 4.83. The Morgan fingerprint density at radius 3 is 2.50 bits per heavy atom. The van der Waals surface area contributed by atoms with Crippen LogP contribution < -0.4 is 4.74 Å². The molecule has 0 aliphatic rings. The van der Waals surface area contributed by atoms with E-state index in [1.807, 2.05) is 44.2 Å². The van der Waals surface area contributed by atoms with Crippen LogP contribution in [0.15, 0.2) is 30.3 Å². The Morgan fingerprint density at radius 2 is 1.89 bits per heavy atom. The van der Waals surface area contributed by atoms with Gasteiger partial charge in [0.15, 0.2) is 0 Å². The summed E-state index contributed by atoms with van der Waals surface area (Å²) in [5.41, 5.74) is 2.99. The Labute approximate surface area is 125 Å². The van der Waals surface area contributed by atoms with Gasteiger partial charge in [0.05, 0.1) is 5.88 Å². The Bertz CT molecular complexity index is 554. The average molecular weight is 374 g/mol. The molecule has 0 bridgehead atoms. The van der Waals surface area contributed by atoms with Gasteiger partial charge in [0.2, 0.25) is 5.88 Å². The maximum absolute atomic E-state index is 5.96. The molecule has 0 fully saturated rings. The summed E-state index contributed by atoms with van der Waals surface area (Å²) in [6, 6.07) is 9.87. The second kappa shape index (κ2) is 5.89. The smallest absolute Gasteiger partial charge is 0.224 e. The van der Waals surface area contributed by atoms with Gasteiger partial charge in [-0.1, -0.05) is 0 Å². The molecule has 2 aromatic rings. The van der Waals surface area contributed by atoms with Gasteiger partial charge < -0.3 is 4.74 Å². The fourth-order valence-corrected chi connectivity index (χ4v) is 2.37. The number of halogens is 2. The molecule has 1 aromatic heterocycles. The zero-order chi connectivity index (χ0) is 13.1. The van der Waals surface area contributed by atoms with Crippen LogP contribution in [0.3, 0.4) is 0 Å². The topological polar surface area (TPSA) is 22.1 Å². The van der Waals surface area contributed by atoms with Gasteiger partial charge in [-0.15, -0.1) is 11.6 Å². The fraction of sp³-hybridized carbons (Fsp3) is 0.214. The Morgan fingerprint density at radius 1 is 1.22 bits per heavy atom.